The maximum Gasteiger partial charge on any atom is 0.230 e. The topological polar surface area (TPSA) is 58.4 Å². The predicted octanol–water partition coefficient (Wildman–Crippen LogP) is 1.64. The van der Waals surface area contributed by atoms with Gasteiger partial charge >= 0.3 is 0 Å². The fourth-order valence-electron chi connectivity index (χ4n) is 2.65. The van der Waals surface area contributed by atoms with Gasteiger partial charge in [0.1, 0.15) is 5.76 Å². The molecular formula is C13H22ClN3O2. The lowest BCUT2D eigenvalue weighted by Gasteiger charge is -2.35. The quantitative estimate of drug-likeness (QED) is 0.898. The number of rotatable bonds is 2. The van der Waals surface area contributed by atoms with E-state index in [1.54, 1.807) is 0 Å². The maximum absolute atomic E-state index is 12.5. The summed E-state index contributed by atoms with van der Waals surface area (Å²) in [5.74, 6) is 0.728. The van der Waals surface area contributed by atoms with E-state index in [9.17, 15) is 4.79 Å². The van der Waals surface area contributed by atoms with Crippen molar-refractivity contribution in [2.45, 2.75) is 39.7 Å². The van der Waals surface area contributed by atoms with Gasteiger partial charge in [-0.2, -0.15) is 0 Å². The van der Waals surface area contributed by atoms with Crippen molar-refractivity contribution in [2.24, 2.45) is 0 Å². The average molecular weight is 288 g/mol. The maximum atomic E-state index is 12.5. The minimum atomic E-state index is -0.184. The van der Waals surface area contributed by atoms with Crippen molar-refractivity contribution in [2.75, 3.05) is 19.6 Å². The smallest absolute Gasteiger partial charge is 0.230 e. The zero-order chi connectivity index (χ0) is 13.3. The zero-order valence-corrected chi connectivity index (χ0v) is 12.7. The van der Waals surface area contributed by atoms with Gasteiger partial charge in [0.05, 0.1) is 11.6 Å². The number of nitrogens with zero attached hydrogens (tertiary/aromatic N) is 2. The Labute approximate surface area is 120 Å². The Hall–Kier alpha value is -1.07. The standard InChI is InChI=1S/C13H21N3O2.ClH/c1-8-7-14-5-6-16(8)13(17)9(2)12-10(3)15-18-11(12)4;/h8-9,14H,5-7H2,1-4H3;1H. The van der Waals surface area contributed by atoms with E-state index < -0.39 is 0 Å². The normalized spacial score (nSPS) is 20.8. The molecule has 19 heavy (non-hydrogen) atoms. The molecular weight excluding hydrogens is 266 g/mol. The lowest BCUT2D eigenvalue weighted by molar-refractivity contribution is -0.135. The number of aryl methyl sites for hydroxylation is 2. The molecule has 1 saturated heterocycles. The van der Waals surface area contributed by atoms with Gasteiger partial charge in [0.25, 0.3) is 0 Å². The number of carbonyl (C=O) groups excluding carboxylic acids is 1. The number of nitrogens with one attached hydrogen (secondary N) is 1. The molecule has 1 N–H and O–H groups in total. The van der Waals surface area contributed by atoms with Crippen LogP contribution >= 0.6 is 12.4 Å². The fourth-order valence-corrected chi connectivity index (χ4v) is 2.65. The first kappa shape index (κ1) is 16.0. The van der Waals surface area contributed by atoms with Gasteiger partial charge in [0.2, 0.25) is 5.91 Å². The number of halogens is 1. The Morgan fingerprint density at radius 1 is 1.53 bits per heavy atom. The summed E-state index contributed by atoms with van der Waals surface area (Å²) in [5, 5.41) is 7.22. The highest BCUT2D eigenvalue weighted by Gasteiger charge is 2.30. The molecule has 2 atom stereocenters. The van der Waals surface area contributed by atoms with Crippen molar-refractivity contribution >= 4 is 18.3 Å². The van der Waals surface area contributed by atoms with Gasteiger partial charge in [-0.25, -0.2) is 0 Å². The molecule has 2 heterocycles. The minimum absolute atomic E-state index is 0. The van der Waals surface area contributed by atoms with E-state index in [-0.39, 0.29) is 30.3 Å². The van der Waals surface area contributed by atoms with Gasteiger partial charge < -0.3 is 14.7 Å². The van der Waals surface area contributed by atoms with E-state index in [1.165, 1.54) is 0 Å². The van der Waals surface area contributed by atoms with E-state index in [4.69, 9.17) is 4.52 Å². The Bertz CT molecular complexity index is 428. The Morgan fingerprint density at radius 3 is 2.74 bits per heavy atom. The van der Waals surface area contributed by atoms with Crippen LogP contribution in [0.4, 0.5) is 0 Å². The van der Waals surface area contributed by atoms with E-state index in [0.717, 1.165) is 36.7 Å². The van der Waals surface area contributed by atoms with Gasteiger partial charge in [0, 0.05) is 31.2 Å². The first-order valence-corrected chi connectivity index (χ1v) is 6.46. The monoisotopic (exact) mass is 287 g/mol. The van der Waals surface area contributed by atoms with Crippen molar-refractivity contribution in [3.8, 4) is 0 Å². The van der Waals surface area contributed by atoms with Crippen LogP contribution in [0.5, 0.6) is 0 Å². The molecule has 0 aromatic carbocycles. The molecule has 0 aliphatic carbocycles. The first-order valence-electron chi connectivity index (χ1n) is 6.46. The second-order valence-electron chi connectivity index (χ2n) is 5.04. The SMILES string of the molecule is Cc1noc(C)c1C(C)C(=O)N1CCNCC1C.Cl. The fraction of sp³-hybridized carbons (Fsp3) is 0.692. The largest absolute Gasteiger partial charge is 0.361 e. The molecule has 2 unspecified atom stereocenters. The summed E-state index contributed by atoms with van der Waals surface area (Å²) >= 11 is 0. The molecule has 1 amide bonds. The van der Waals surface area contributed by atoms with Crippen molar-refractivity contribution in [1.29, 1.82) is 0 Å². The molecule has 0 bridgehead atoms. The van der Waals surface area contributed by atoms with Gasteiger partial charge in [-0.05, 0) is 27.7 Å². The molecule has 5 nitrogen and oxygen atoms in total. The summed E-state index contributed by atoms with van der Waals surface area (Å²) in [6, 6.07) is 0.245. The molecule has 108 valence electrons. The van der Waals surface area contributed by atoms with Gasteiger partial charge in [0.15, 0.2) is 0 Å². The minimum Gasteiger partial charge on any atom is -0.361 e. The van der Waals surface area contributed by atoms with Crippen molar-refractivity contribution in [3.05, 3.63) is 17.0 Å². The van der Waals surface area contributed by atoms with Crippen molar-refractivity contribution < 1.29 is 9.32 Å². The predicted molar refractivity (Wildman–Crippen MR) is 75.7 cm³/mol. The molecule has 1 aliphatic rings. The van der Waals surface area contributed by atoms with Crippen LogP contribution in [0.15, 0.2) is 4.52 Å². The second kappa shape index (κ2) is 6.39. The van der Waals surface area contributed by atoms with E-state index in [2.05, 4.69) is 17.4 Å². The number of carbonyl (C=O) groups is 1. The Kier molecular flexibility index (Phi) is 5.38. The van der Waals surface area contributed by atoms with Crippen molar-refractivity contribution in [1.82, 2.24) is 15.4 Å². The lowest BCUT2D eigenvalue weighted by Crippen LogP contribution is -2.53. The third-order valence-electron chi connectivity index (χ3n) is 3.68. The van der Waals surface area contributed by atoms with E-state index in [1.807, 2.05) is 25.7 Å². The number of hydrogen-bond acceptors (Lipinski definition) is 4. The van der Waals surface area contributed by atoms with Gasteiger partial charge in [-0.1, -0.05) is 5.16 Å². The third-order valence-corrected chi connectivity index (χ3v) is 3.68. The molecule has 2 rings (SSSR count). The lowest BCUT2D eigenvalue weighted by atomic mass is 9.97. The zero-order valence-electron chi connectivity index (χ0n) is 11.9. The highest BCUT2D eigenvalue weighted by atomic mass is 35.5. The Morgan fingerprint density at radius 2 is 2.21 bits per heavy atom. The number of hydrogen-bond donors (Lipinski definition) is 1. The highest BCUT2D eigenvalue weighted by Crippen LogP contribution is 2.25. The molecule has 1 aromatic rings. The third kappa shape index (κ3) is 3.09. The van der Waals surface area contributed by atoms with Crippen LogP contribution in [0.25, 0.3) is 0 Å². The molecule has 0 radical (unpaired) electrons. The van der Waals surface area contributed by atoms with Crippen LogP contribution in [-0.4, -0.2) is 41.6 Å². The Balaban J connectivity index is 0.00000180. The second-order valence-corrected chi connectivity index (χ2v) is 5.04. The average Bonchev–Trinajstić information content (AvgIpc) is 2.68. The highest BCUT2D eigenvalue weighted by molar-refractivity contribution is 5.85. The van der Waals surface area contributed by atoms with Crippen LogP contribution in [0.2, 0.25) is 0 Å². The van der Waals surface area contributed by atoms with Crippen LogP contribution in [-0.2, 0) is 4.79 Å². The van der Waals surface area contributed by atoms with Crippen LogP contribution in [0, 0.1) is 13.8 Å². The summed E-state index contributed by atoms with van der Waals surface area (Å²) in [5.41, 5.74) is 1.75. The summed E-state index contributed by atoms with van der Waals surface area (Å²) in [4.78, 5) is 14.5. The van der Waals surface area contributed by atoms with Gasteiger partial charge in [-0.3, -0.25) is 4.79 Å². The molecule has 0 spiro atoms. The molecule has 1 aliphatic heterocycles. The summed E-state index contributed by atoms with van der Waals surface area (Å²) in [6.07, 6.45) is 0. The molecule has 1 fully saturated rings. The summed E-state index contributed by atoms with van der Waals surface area (Å²) < 4.78 is 5.15. The van der Waals surface area contributed by atoms with Crippen molar-refractivity contribution in [3.63, 3.8) is 0 Å². The van der Waals surface area contributed by atoms with Crippen LogP contribution < -0.4 is 5.32 Å². The molecule has 1 aromatic heterocycles. The van der Waals surface area contributed by atoms with E-state index in [0.29, 0.717) is 0 Å². The van der Waals surface area contributed by atoms with E-state index >= 15 is 0 Å². The molecule has 0 saturated carbocycles. The number of amides is 1. The van der Waals surface area contributed by atoms with Crippen LogP contribution in [0.3, 0.4) is 0 Å². The first-order chi connectivity index (χ1) is 8.52. The number of aromatic nitrogens is 1. The summed E-state index contributed by atoms with van der Waals surface area (Å²) in [7, 11) is 0. The molecule has 6 heteroatoms. The summed E-state index contributed by atoms with van der Waals surface area (Å²) in [6.45, 7) is 10.3. The van der Waals surface area contributed by atoms with Gasteiger partial charge in [-0.15, -0.1) is 12.4 Å². The number of piperazine rings is 1. The van der Waals surface area contributed by atoms with Crippen LogP contribution in [0.1, 0.15) is 36.8 Å².